The number of rotatable bonds is 4. The number of likely N-dealkylation sites (tertiary alicyclic amines) is 1. The Kier molecular flexibility index (Phi) is 6.34. The normalized spacial score (nSPS) is 17.5. The van der Waals surface area contributed by atoms with E-state index in [1.165, 1.54) is 19.3 Å². The van der Waals surface area contributed by atoms with E-state index in [-0.39, 0.29) is 18.4 Å². The molecule has 0 spiro atoms. The van der Waals surface area contributed by atoms with Crippen LogP contribution in [0.25, 0.3) is 0 Å². The fraction of sp³-hybridized carbons (Fsp3) is 0.562. The first-order chi connectivity index (χ1) is 10.3. The van der Waals surface area contributed by atoms with Crippen LogP contribution >= 0.6 is 12.4 Å². The van der Waals surface area contributed by atoms with Crippen molar-refractivity contribution in [3.63, 3.8) is 0 Å². The number of fused-ring (bicyclic) bond motifs is 1. The van der Waals surface area contributed by atoms with Gasteiger partial charge in [-0.3, -0.25) is 4.90 Å². The molecule has 1 saturated heterocycles. The van der Waals surface area contributed by atoms with E-state index in [0.29, 0.717) is 36.9 Å². The predicted octanol–water partition coefficient (Wildman–Crippen LogP) is 2.52. The molecule has 0 aromatic heterocycles. The number of ether oxygens (including phenoxy) is 3. The second-order valence-electron chi connectivity index (χ2n) is 5.40. The monoisotopic (exact) mass is 327 g/mol. The Morgan fingerprint density at radius 2 is 1.82 bits per heavy atom. The lowest BCUT2D eigenvalue weighted by Crippen LogP contribution is -2.33. The maximum atomic E-state index is 12.0. The molecule has 0 radical (unpaired) electrons. The van der Waals surface area contributed by atoms with Gasteiger partial charge in [0.1, 0.15) is 19.8 Å². The Morgan fingerprint density at radius 3 is 2.59 bits per heavy atom. The number of benzene rings is 1. The SMILES string of the molecule is Cl.O=C(OCCN1CCCCC1)c1ccc2c(c1)OCCO2. The van der Waals surface area contributed by atoms with Gasteiger partial charge in [0.15, 0.2) is 11.5 Å². The third-order valence-electron chi connectivity index (χ3n) is 3.87. The third-order valence-corrected chi connectivity index (χ3v) is 3.87. The Morgan fingerprint density at radius 1 is 1.09 bits per heavy atom. The molecular formula is C16H22ClNO4. The van der Waals surface area contributed by atoms with Gasteiger partial charge in [-0.05, 0) is 44.1 Å². The van der Waals surface area contributed by atoms with Crippen LogP contribution in [-0.4, -0.2) is 50.3 Å². The van der Waals surface area contributed by atoms with Gasteiger partial charge in [-0.1, -0.05) is 6.42 Å². The standard InChI is InChI=1S/C16H21NO4.ClH/c18-16(21-9-8-17-6-2-1-3-7-17)13-4-5-14-15(12-13)20-11-10-19-14;/h4-5,12H,1-3,6-11H2;1H. The molecule has 0 atom stereocenters. The van der Waals surface area contributed by atoms with Crippen molar-refractivity contribution in [2.24, 2.45) is 0 Å². The van der Waals surface area contributed by atoms with E-state index in [4.69, 9.17) is 14.2 Å². The van der Waals surface area contributed by atoms with Gasteiger partial charge >= 0.3 is 5.97 Å². The summed E-state index contributed by atoms with van der Waals surface area (Å²) in [6.07, 6.45) is 3.81. The minimum atomic E-state index is -0.302. The molecule has 1 aromatic carbocycles. The fourth-order valence-corrected chi connectivity index (χ4v) is 2.70. The first-order valence-corrected chi connectivity index (χ1v) is 7.62. The van der Waals surface area contributed by atoms with Crippen molar-refractivity contribution in [2.75, 3.05) is 39.5 Å². The summed E-state index contributed by atoms with van der Waals surface area (Å²) in [5, 5.41) is 0. The van der Waals surface area contributed by atoms with Gasteiger partial charge in [0.05, 0.1) is 5.56 Å². The van der Waals surface area contributed by atoms with Crippen LogP contribution in [0.5, 0.6) is 11.5 Å². The molecule has 0 saturated carbocycles. The molecule has 0 unspecified atom stereocenters. The zero-order valence-corrected chi connectivity index (χ0v) is 13.4. The molecule has 3 rings (SSSR count). The number of esters is 1. The van der Waals surface area contributed by atoms with Crippen molar-refractivity contribution < 1.29 is 19.0 Å². The summed E-state index contributed by atoms with van der Waals surface area (Å²) in [6, 6.07) is 5.17. The van der Waals surface area contributed by atoms with E-state index in [0.717, 1.165) is 19.6 Å². The quantitative estimate of drug-likeness (QED) is 0.795. The maximum absolute atomic E-state index is 12.0. The Labute approximate surface area is 136 Å². The average molecular weight is 328 g/mol. The van der Waals surface area contributed by atoms with Crippen LogP contribution in [0.4, 0.5) is 0 Å². The van der Waals surface area contributed by atoms with E-state index < -0.39 is 0 Å². The number of hydrogen-bond acceptors (Lipinski definition) is 5. The highest BCUT2D eigenvalue weighted by Gasteiger charge is 2.16. The van der Waals surface area contributed by atoms with Crippen molar-refractivity contribution in [1.82, 2.24) is 4.90 Å². The molecule has 1 aromatic rings. The second-order valence-corrected chi connectivity index (χ2v) is 5.40. The van der Waals surface area contributed by atoms with Crippen molar-refractivity contribution >= 4 is 18.4 Å². The summed E-state index contributed by atoms with van der Waals surface area (Å²) in [4.78, 5) is 14.4. The molecule has 0 N–H and O–H groups in total. The van der Waals surface area contributed by atoms with Crippen LogP contribution in [0.2, 0.25) is 0 Å². The summed E-state index contributed by atoms with van der Waals surface area (Å²) >= 11 is 0. The highest BCUT2D eigenvalue weighted by atomic mass is 35.5. The van der Waals surface area contributed by atoms with E-state index in [9.17, 15) is 4.79 Å². The predicted molar refractivity (Wildman–Crippen MR) is 85.3 cm³/mol. The topological polar surface area (TPSA) is 48.0 Å². The van der Waals surface area contributed by atoms with Gasteiger partial charge in [0.25, 0.3) is 0 Å². The van der Waals surface area contributed by atoms with Crippen LogP contribution in [0.15, 0.2) is 18.2 Å². The number of hydrogen-bond donors (Lipinski definition) is 0. The van der Waals surface area contributed by atoms with Crippen molar-refractivity contribution in [3.05, 3.63) is 23.8 Å². The van der Waals surface area contributed by atoms with Crippen LogP contribution in [0.3, 0.4) is 0 Å². The molecule has 22 heavy (non-hydrogen) atoms. The summed E-state index contributed by atoms with van der Waals surface area (Å²) in [6.45, 7) is 4.54. The highest BCUT2D eigenvalue weighted by Crippen LogP contribution is 2.30. The molecule has 1 fully saturated rings. The minimum Gasteiger partial charge on any atom is -0.486 e. The van der Waals surface area contributed by atoms with Gasteiger partial charge in [0.2, 0.25) is 0 Å². The first-order valence-electron chi connectivity index (χ1n) is 7.62. The van der Waals surface area contributed by atoms with Gasteiger partial charge in [-0.2, -0.15) is 0 Å². The van der Waals surface area contributed by atoms with Crippen molar-refractivity contribution in [1.29, 1.82) is 0 Å². The average Bonchev–Trinajstić information content (AvgIpc) is 2.55. The summed E-state index contributed by atoms with van der Waals surface area (Å²) in [7, 11) is 0. The molecule has 6 heteroatoms. The summed E-state index contributed by atoms with van der Waals surface area (Å²) in [5.41, 5.74) is 0.512. The Balaban J connectivity index is 0.00000176. The van der Waals surface area contributed by atoms with Crippen molar-refractivity contribution in [2.45, 2.75) is 19.3 Å². The smallest absolute Gasteiger partial charge is 0.338 e. The van der Waals surface area contributed by atoms with Gasteiger partial charge in [-0.25, -0.2) is 4.79 Å². The third kappa shape index (κ3) is 4.27. The molecule has 2 heterocycles. The lowest BCUT2D eigenvalue weighted by Gasteiger charge is -2.25. The molecule has 2 aliphatic heterocycles. The summed E-state index contributed by atoms with van der Waals surface area (Å²) in [5.74, 6) is 1.00. The molecule has 0 amide bonds. The summed E-state index contributed by atoms with van der Waals surface area (Å²) < 4.78 is 16.3. The van der Waals surface area contributed by atoms with Crippen molar-refractivity contribution in [3.8, 4) is 11.5 Å². The lowest BCUT2D eigenvalue weighted by molar-refractivity contribution is 0.0451. The van der Waals surface area contributed by atoms with Gasteiger partial charge in [-0.15, -0.1) is 12.4 Å². The number of carbonyl (C=O) groups is 1. The zero-order valence-electron chi connectivity index (χ0n) is 12.6. The van der Waals surface area contributed by atoms with Gasteiger partial charge in [0, 0.05) is 6.54 Å². The van der Waals surface area contributed by atoms with E-state index >= 15 is 0 Å². The lowest BCUT2D eigenvalue weighted by atomic mass is 10.1. The molecule has 0 bridgehead atoms. The minimum absolute atomic E-state index is 0. The van der Waals surface area contributed by atoms with Gasteiger partial charge < -0.3 is 14.2 Å². The Bertz CT molecular complexity index is 503. The van der Waals surface area contributed by atoms with E-state index in [1.54, 1.807) is 18.2 Å². The zero-order chi connectivity index (χ0) is 14.5. The number of nitrogens with zero attached hydrogens (tertiary/aromatic N) is 1. The first kappa shape index (κ1) is 16.9. The largest absolute Gasteiger partial charge is 0.486 e. The number of piperidine rings is 1. The van der Waals surface area contributed by atoms with Crippen LogP contribution in [-0.2, 0) is 4.74 Å². The maximum Gasteiger partial charge on any atom is 0.338 e. The van der Waals surface area contributed by atoms with E-state index in [1.807, 2.05) is 0 Å². The Hall–Kier alpha value is -1.46. The molecule has 122 valence electrons. The fourth-order valence-electron chi connectivity index (χ4n) is 2.70. The molecule has 0 aliphatic carbocycles. The van der Waals surface area contributed by atoms with E-state index in [2.05, 4.69) is 4.90 Å². The molecular weight excluding hydrogens is 306 g/mol. The van der Waals surface area contributed by atoms with Crippen LogP contribution in [0, 0.1) is 0 Å². The van der Waals surface area contributed by atoms with Crippen LogP contribution in [0.1, 0.15) is 29.6 Å². The number of halogens is 1. The molecule has 5 nitrogen and oxygen atoms in total. The van der Waals surface area contributed by atoms with Crippen LogP contribution < -0.4 is 9.47 Å². The second kappa shape index (κ2) is 8.25. The molecule has 2 aliphatic rings. The highest BCUT2D eigenvalue weighted by molar-refractivity contribution is 5.90. The number of carbonyl (C=O) groups excluding carboxylic acids is 1.